The fourth-order valence-electron chi connectivity index (χ4n) is 2.60. The third-order valence-corrected chi connectivity index (χ3v) is 3.98. The molecule has 3 amide bonds. The lowest BCUT2D eigenvalue weighted by Gasteiger charge is -2.18. The zero-order valence-corrected chi connectivity index (χ0v) is 16.8. The minimum Gasteiger partial charge on any atom is -0.465 e. The van der Waals surface area contributed by atoms with Crippen molar-refractivity contribution in [1.29, 1.82) is 0 Å². The summed E-state index contributed by atoms with van der Waals surface area (Å²) < 4.78 is 4.76. The standard InChI is InChI=1S/C21H26N4O4/c1-4-29-19(26)14-23-21(28)24-16-10-11-18(25(2)3)17(12-16)20(27)22-13-15-8-6-5-7-9-15/h5-12H,4,13-14H2,1-3H3,(H,22,27)(H2,23,24,28). The molecule has 0 aliphatic rings. The van der Waals surface area contributed by atoms with E-state index in [1.54, 1.807) is 25.1 Å². The Morgan fingerprint density at radius 3 is 2.38 bits per heavy atom. The first-order valence-electron chi connectivity index (χ1n) is 9.24. The largest absolute Gasteiger partial charge is 0.465 e. The first-order chi connectivity index (χ1) is 13.9. The average Bonchev–Trinajstić information content (AvgIpc) is 2.71. The number of benzene rings is 2. The SMILES string of the molecule is CCOC(=O)CNC(=O)Nc1ccc(N(C)C)c(C(=O)NCc2ccccc2)c1. The van der Waals surface area contributed by atoms with E-state index >= 15 is 0 Å². The molecular weight excluding hydrogens is 372 g/mol. The van der Waals surface area contributed by atoms with Crippen LogP contribution in [-0.2, 0) is 16.1 Å². The van der Waals surface area contributed by atoms with Gasteiger partial charge in [0.15, 0.2) is 0 Å². The van der Waals surface area contributed by atoms with Crippen LogP contribution >= 0.6 is 0 Å². The molecule has 0 radical (unpaired) electrons. The lowest BCUT2D eigenvalue weighted by Crippen LogP contribution is -2.34. The summed E-state index contributed by atoms with van der Waals surface area (Å²) in [7, 11) is 3.67. The van der Waals surface area contributed by atoms with Gasteiger partial charge in [0.05, 0.1) is 12.2 Å². The molecular formula is C21H26N4O4. The monoisotopic (exact) mass is 398 g/mol. The minimum absolute atomic E-state index is 0.236. The van der Waals surface area contributed by atoms with Gasteiger partial charge < -0.3 is 25.6 Å². The molecule has 0 aliphatic carbocycles. The van der Waals surface area contributed by atoms with Crippen molar-refractivity contribution in [2.75, 3.05) is 37.5 Å². The Balaban J connectivity index is 2.07. The molecule has 0 fully saturated rings. The van der Waals surface area contributed by atoms with Crippen molar-refractivity contribution in [3.8, 4) is 0 Å². The van der Waals surface area contributed by atoms with Gasteiger partial charge in [-0.15, -0.1) is 0 Å². The van der Waals surface area contributed by atoms with Gasteiger partial charge >= 0.3 is 12.0 Å². The number of rotatable bonds is 8. The third-order valence-electron chi connectivity index (χ3n) is 3.98. The number of urea groups is 1. The number of esters is 1. The van der Waals surface area contributed by atoms with Crippen molar-refractivity contribution >= 4 is 29.3 Å². The summed E-state index contributed by atoms with van der Waals surface area (Å²) >= 11 is 0. The summed E-state index contributed by atoms with van der Waals surface area (Å²) in [5, 5.41) is 7.92. The first kappa shape index (κ1) is 21.7. The number of carbonyl (C=O) groups is 3. The second kappa shape index (κ2) is 10.7. The Labute approximate surface area is 170 Å². The highest BCUT2D eigenvalue weighted by molar-refractivity contribution is 6.02. The van der Waals surface area contributed by atoms with Gasteiger partial charge in [0.1, 0.15) is 6.54 Å². The Morgan fingerprint density at radius 1 is 1.00 bits per heavy atom. The topological polar surface area (TPSA) is 99.8 Å². The lowest BCUT2D eigenvalue weighted by atomic mass is 10.1. The van der Waals surface area contributed by atoms with Crippen molar-refractivity contribution in [2.24, 2.45) is 0 Å². The molecule has 8 nitrogen and oxygen atoms in total. The smallest absolute Gasteiger partial charge is 0.325 e. The summed E-state index contributed by atoms with van der Waals surface area (Å²) in [5.41, 5.74) is 2.56. The molecule has 2 rings (SSSR count). The maximum atomic E-state index is 12.7. The Kier molecular flexibility index (Phi) is 8.02. The fourth-order valence-corrected chi connectivity index (χ4v) is 2.60. The Morgan fingerprint density at radius 2 is 1.72 bits per heavy atom. The van der Waals surface area contributed by atoms with Crippen LogP contribution in [0, 0.1) is 0 Å². The van der Waals surface area contributed by atoms with Crippen molar-refractivity contribution in [3.05, 3.63) is 59.7 Å². The number of amides is 3. The molecule has 2 aromatic carbocycles. The van der Waals surface area contributed by atoms with Crippen LogP contribution in [0.4, 0.5) is 16.2 Å². The van der Waals surface area contributed by atoms with E-state index in [2.05, 4.69) is 16.0 Å². The van der Waals surface area contributed by atoms with E-state index < -0.39 is 12.0 Å². The highest BCUT2D eigenvalue weighted by atomic mass is 16.5. The van der Waals surface area contributed by atoms with Gasteiger partial charge in [0.25, 0.3) is 5.91 Å². The summed E-state index contributed by atoms with van der Waals surface area (Å²) in [6.45, 7) is 2.09. The van der Waals surface area contributed by atoms with E-state index in [9.17, 15) is 14.4 Å². The van der Waals surface area contributed by atoms with Crippen molar-refractivity contribution in [2.45, 2.75) is 13.5 Å². The van der Waals surface area contributed by atoms with Crippen LogP contribution in [0.3, 0.4) is 0 Å². The molecule has 0 aliphatic heterocycles. The number of anilines is 2. The molecule has 0 spiro atoms. The number of nitrogens with zero attached hydrogens (tertiary/aromatic N) is 1. The first-order valence-corrected chi connectivity index (χ1v) is 9.24. The predicted octanol–water partition coefficient (Wildman–Crippen LogP) is 2.37. The summed E-state index contributed by atoms with van der Waals surface area (Å²) in [4.78, 5) is 37.9. The van der Waals surface area contributed by atoms with Gasteiger partial charge in [-0.2, -0.15) is 0 Å². The molecule has 0 saturated carbocycles. The van der Waals surface area contributed by atoms with Gasteiger partial charge in [-0.05, 0) is 30.7 Å². The molecule has 8 heteroatoms. The number of ether oxygens (including phenoxy) is 1. The summed E-state index contributed by atoms with van der Waals surface area (Å²) in [6.07, 6.45) is 0. The van der Waals surface area contributed by atoms with Gasteiger partial charge in [-0.25, -0.2) is 4.79 Å². The van der Waals surface area contributed by atoms with E-state index in [0.29, 0.717) is 23.5 Å². The van der Waals surface area contributed by atoms with Crippen molar-refractivity contribution in [3.63, 3.8) is 0 Å². The summed E-state index contributed by atoms with van der Waals surface area (Å²) in [6, 6.07) is 14.1. The van der Waals surface area contributed by atoms with E-state index in [1.165, 1.54) is 0 Å². The molecule has 3 N–H and O–H groups in total. The maximum Gasteiger partial charge on any atom is 0.325 e. The molecule has 29 heavy (non-hydrogen) atoms. The fraction of sp³-hybridized carbons (Fsp3) is 0.286. The molecule has 0 heterocycles. The van der Waals surface area contributed by atoms with Crippen molar-refractivity contribution in [1.82, 2.24) is 10.6 Å². The number of nitrogens with one attached hydrogen (secondary N) is 3. The number of hydrogen-bond donors (Lipinski definition) is 3. The highest BCUT2D eigenvalue weighted by Crippen LogP contribution is 2.23. The second-order valence-corrected chi connectivity index (χ2v) is 6.41. The van der Waals surface area contributed by atoms with Crippen LogP contribution in [0.15, 0.2) is 48.5 Å². The lowest BCUT2D eigenvalue weighted by molar-refractivity contribution is -0.141. The molecule has 2 aromatic rings. The minimum atomic E-state index is -0.564. The van der Waals surface area contributed by atoms with Crippen LogP contribution in [0.5, 0.6) is 0 Å². The molecule has 0 bridgehead atoms. The molecule has 0 aromatic heterocycles. The van der Waals surface area contributed by atoms with Crippen LogP contribution in [-0.4, -0.2) is 45.2 Å². The summed E-state index contributed by atoms with van der Waals surface area (Å²) in [5.74, 6) is -0.778. The van der Waals surface area contributed by atoms with Gasteiger partial charge in [-0.1, -0.05) is 30.3 Å². The molecule has 0 atom stereocenters. The zero-order chi connectivity index (χ0) is 21.2. The highest BCUT2D eigenvalue weighted by Gasteiger charge is 2.15. The van der Waals surface area contributed by atoms with Gasteiger partial charge in [0.2, 0.25) is 0 Å². The van der Waals surface area contributed by atoms with Gasteiger partial charge in [0, 0.05) is 32.0 Å². The molecule has 0 unspecified atom stereocenters. The zero-order valence-electron chi connectivity index (χ0n) is 16.8. The Bertz CT molecular complexity index is 853. The maximum absolute atomic E-state index is 12.7. The quantitative estimate of drug-likeness (QED) is 0.593. The van der Waals surface area contributed by atoms with Crippen molar-refractivity contribution < 1.29 is 19.1 Å². The second-order valence-electron chi connectivity index (χ2n) is 6.41. The van der Waals surface area contributed by atoms with E-state index in [0.717, 1.165) is 5.56 Å². The molecule has 0 saturated heterocycles. The van der Waals surface area contributed by atoms with Crippen LogP contribution in [0.25, 0.3) is 0 Å². The van der Waals surface area contributed by atoms with E-state index in [-0.39, 0.29) is 19.1 Å². The van der Waals surface area contributed by atoms with Crippen LogP contribution in [0.2, 0.25) is 0 Å². The van der Waals surface area contributed by atoms with Crippen LogP contribution in [0.1, 0.15) is 22.8 Å². The van der Waals surface area contributed by atoms with Crippen LogP contribution < -0.4 is 20.9 Å². The number of hydrogen-bond acceptors (Lipinski definition) is 5. The third kappa shape index (κ3) is 6.84. The normalized spacial score (nSPS) is 10.0. The Hall–Kier alpha value is -3.55. The molecule has 154 valence electrons. The van der Waals surface area contributed by atoms with Gasteiger partial charge in [-0.3, -0.25) is 9.59 Å². The van der Waals surface area contributed by atoms with E-state index in [1.807, 2.05) is 49.3 Å². The van der Waals surface area contributed by atoms with E-state index in [4.69, 9.17) is 4.74 Å². The number of carbonyl (C=O) groups excluding carboxylic acids is 3. The predicted molar refractivity (Wildman–Crippen MR) is 112 cm³/mol. The average molecular weight is 398 g/mol.